The van der Waals surface area contributed by atoms with Gasteiger partial charge >= 0.3 is 6.03 Å². The maximum absolute atomic E-state index is 13.2. The van der Waals surface area contributed by atoms with Gasteiger partial charge in [0.25, 0.3) is 0 Å². The molecule has 0 fully saturated rings. The number of fused-ring (bicyclic) bond motifs is 1. The van der Waals surface area contributed by atoms with Gasteiger partial charge in [-0.3, -0.25) is 10.4 Å². The molecule has 0 aliphatic heterocycles. The largest absolute Gasteiger partial charge is 0.331 e. The summed E-state index contributed by atoms with van der Waals surface area (Å²) < 4.78 is 13.8. The number of hydrogen-bond donors (Lipinski definition) is 3. The molecular weight excluding hydrogens is 401 g/mol. The summed E-state index contributed by atoms with van der Waals surface area (Å²) in [6.45, 7) is 1.77. The molecule has 1 atom stereocenters. The Kier molecular flexibility index (Phi) is 4.68. The Morgan fingerprint density at radius 3 is 2.96 bits per heavy atom. The van der Waals surface area contributed by atoms with Crippen LogP contribution < -0.4 is 10.6 Å². The summed E-state index contributed by atoms with van der Waals surface area (Å²) >= 11 is 9.05. The molecule has 1 aromatic carbocycles. The van der Waals surface area contributed by atoms with Gasteiger partial charge in [-0.15, -0.1) is 0 Å². The van der Waals surface area contributed by atoms with Crippen molar-refractivity contribution in [1.29, 1.82) is 0 Å². The minimum Gasteiger partial charge on any atom is -0.331 e. The first kappa shape index (κ1) is 16.7. The zero-order valence-electron chi connectivity index (χ0n) is 12.4. The van der Waals surface area contributed by atoms with Crippen molar-refractivity contribution in [2.24, 2.45) is 0 Å². The van der Waals surface area contributed by atoms with E-state index in [0.29, 0.717) is 16.0 Å². The number of nitrogens with one attached hydrogen (secondary N) is 3. The van der Waals surface area contributed by atoms with E-state index in [4.69, 9.17) is 11.6 Å². The van der Waals surface area contributed by atoms with Crippen LogP contribution in [-0.2, 0) is 0 Å². The van der Waals surface area contributed by atoms with Crippen LogP contribution in [0.25, 0.3) is 10.9 Å². The van der Waals surface area contributed by atoms with E-state index in [-0.39, 0.29) is 11.1 Å². The molecule has 0 bridgehead atoms. The highest BCUT2D eigenvalue weighted by molar-refractivity contribution is 9.10. The minimum absolute atomic E-state index is 0.0125. The molecule has 0 saturated carbocycles. The van der Waals surface area contributed by atoms with Crippen molar-refractivity contribution >= 4 is 50.3 Å². The van der Waals surface area contributed by atoms with E-state index in [0.717, 1.165) is 10.9 Å². The summed E-state index contributed by atoms with van der Waals surface area (Å²) in [6.07, 6.45) is 1.60. The fraction of sp³-hybridized carbons (Fsp3) is 0.133. The number of amides is 2. The average Bonchev–Trinajstić information content (AvgIpc) is 2.90. The molecule has 0 unspecified atom stereocenters. The maximum atomic E-state index is 13.2. The lowest BCUT2D eigenvalue weighted by molar-refractivity contribution is 0.249. The number of hydrogen-bond acceptors (Lipinski definition) is 3. The SMILES string of the molecule is C[C@@H](NC(=O)Nc1cc2[nH]nc(Br)c2cn1)c1ccc(F)c(Cl)c1. The zero-order chi connectivity index (χ0) is 17.3. The van der Waals surface area contributed by atoms with Gasteiger partial charge in [-0.25, -0.2) is 14.2 Å². The highest BCUT2D eigenvalue weighted by atomic mass is 79.9. The van der Waals surface area contributed by atoms with Crippen LogP contribution in [0.2, 0.25) is 5.02 Å². The number of carbonyl (C=O) groups is 1. The van der Waals surface area contributed by atoms with E-state index in [1.165, 1.54) is 12.1 Å². The van der Waals surface area contributed by atoms with Gasteiger partial charge in [0, 0.05) is 12.3 Å². The molecule has 3 rings (SSSR count). The van der Waals surface area contributed by atoms with Crippen molar-refractivity contribution in [2.75, 3.05) is 5.32 Å². The number of aromatic amines is 1. The predicted octanol–water partition coefficient (Wildman–Crippen LogP) is 4.40. The molecule has 3 aromatic rings. The second kappa shape index (κ2) is 6.74. The Balaban J connectivity index is 1.68. The summed E-state index contributed by atoms with van der Waals surface area (Å²) in [7, 11) is 0. The van der Waals surface area contributed by atoms with E-state index >= 15 is 0 Å². The van der Waals surface area contributed by atoms with Gasteiger partial charge in [0.15, 0.2) is 0 Å². The minimum atomic E-state index is -0.500. The molecule has 9 heteroatoms. The van der Waals surface area contributed by atoms with E-state index in [1.807, 2.05) is 0 Å². The fourth-order valence-corrected chi connectivity index (χ4v) is 2.76. The third-order valence-electron chi connectivity index (χ3n) is 3.43. The van der Waals surface area contributed by atoms with Crippen molar-refractivity contribution in [2.45, 2.75) is 13.0 Å². The van der Waals surface area contributed by atoms with Gasteiger partial charge < -0.3 is 5.32 Å². The highest BCUT2D eigenvalue weighted by Crippen LogP contribution is 2.22. The topological polar surface area (TPSA) is 82.7 Å². The molecule has 2 heterocycles. The summed E-state index contributed by atoms with van der Waals surface area (Å²) in [5, 5.41) is 13.0. The highest BCUT2D eigenvalue weighted by Gasteiger charge is 2.12. The third kappa shape index (κ3) is 3.49. The Morgan fingerprint density at radius 1 is 1.42 bits per heavy atom. The van der Waals surface area contributed by atoms with E-state index in [2.05, 4.69) is 41.7 Å². The molecule has 0 aliphatic rings. The summed E-state index contributed by atoms with van der Waals surface area (Å²) in [4.78, 5) is 16.2. The van der Waals surface area contributed by atoms with Crippen molar-refractivity contribution in [1.82, 2.24) is 20.5 Å². The predicted molar refractivity (Wildman–Crippen MR) is 93.6 cm³/mol. The Bertz CT molecular complexity index is 916. The third-order valence-corrected chi connectivity index (χ3v) is 4.33. The van der Waals surface area contributed by atoms with Crippen LogP contribution in [0.15, 0.2) is 35.1 Å². The van der Waals surface area contributed by atoms with Crippen LogP contribution in [0.5, 0.6) is 0 Å². The first-order valence-electron chi connectivity index (χ1n) is 6.96. The molecule has 24 heavy (non-hydrogen) atoms. The van der Waals surface area contributed by atoms with Gasteiger partial charge in [-0.05, 0) is 40.5 Å². The number of urea groups is 1. The fourth-order valence-electron chi connectivity index (χ4n) is 2.16. The number of pyridine rings is 1. The molecule has 0 spiro atoms. The van der Waals surface area contributed by atoms with Crippen LogP contribution in [0, 0.1) is 5.82 Å². The number of aromatic nitrogens is 3. The van der Waals surface area contributed by atoms with Gasteiger partial charge in [0.05, 0.1) is 22.0 Å². The van der Waals surface area contributed by atoms with Crippen LogP contribution in [0.4, 0.5) is 15.0 Å². The molecule has 0 aliphatic carbocycles. The maximum Gasteiger partial charge on any atom is 0.320 e. The van der Waals surface area contributed by atoms with E-state index in [1.54, 1.807) is 25.3 Å². The van der Waals surface area contributed by atoms with Gasteiger partial charge in [-0.2, -0.15) is 5.10 Å². The zero-order valence-corrected chi connectivity index (χ0v) is 14.7. The van der Waals surface area contributed by atoms with Gasteiger partial charge in [-0.1, -0.05) is 17.7 Å². The van der Waals surface area contributed by atoms with Crippen molar-refractivity contribution in [3.8, 4) is 0 Å². The molecule has 0 saturated heterocycles. The van der Waals surface area contributed by atoms with Crippen LogP contribution in [0.3, 0.4) is 0 Å². The molecule has 3 N–H and O–H groups in total. The molecule has 0 radical (unpaired) electrons. The Hall–Kier alpha value is -2.19. The molecule has 124 valence electrons. The van der Waals surface area contributed by atoms with Crippen LogP contribution in [0.1, 0.15) is 18.5 Å². The number of carbonyl (C=O) groups excluding carboxylic acids is 1. The monoisotopic (exact) mass is 411 g/mol. The molecule has 2 aromatic heterocycles. The smallest absolute Gasteiger partial charge is 0.320 e. The first-order chi connectivity index (χ1) is 11.4. The second-order valence-electron chi connectivity index (χ2n) is 5.12. The average molecular weight is 413 g/mol. The summed E-state index contributed by atoms with van der Waals surface area (Å²) in [5.74, 6) is -0.124. The second-order valence-corrected chi connectivity index (χ2v) is 6.28. The number of benzene rings is 1. The van der Waals surface area contributed by atoms with Crippen LogP contribution in [-0.4, -0.2) is 21.2 Å². The van der Waals surface area contributed by atoms with E-state index < -0.39 is 11.8 Å². The number of halogens is 3. The normalized spacial score (nSPS) is 12.2. The quantitative estimate of drug-likeness (QED) is 0.596. The number of H-pyrrole nitrogens is 1. The first-order valence-corrected chi connectivity index (χ1v) is 8.13. The van der Waals surface area contributed by atoms with Gasteiger partial charge in [0.1, 0.15) is 16.2 Å². The number of nitrogens with zero attached hydrogens (tertiary/aromatic N) is 2. The lowest BCUT2D eigenvalue weighted by Gasteiger charge is -2.15. The summed E-state index contributed by atoms with van der Waals surface area (Å²) in [5.41, 5.74) is 1.43. The Morgan fingerprint density at radius 2 is 2.21 bits per heavy atom. The van der Waals surface area contributed by atoms with Crippen LogP contribution >= 0.6 is 27.5 Å². The standard InChI is InChI=1S/C15H12BrClFN5O/c1-7(8-2-3-11(18)10(17)4-8)20-15(24)21-13-5-12-9(6-19-13)14(16)23-22-12/h2-7H,1H3,(H,22,23)(H2,19,20,21,24)/t7-/m1/s1. The van der Waals surface area contributed by atoms with Crippen molar-refractivity contribution in [3.05, 3.63) is 51.5 Å². The molecular formula is C15H12BrClFN5O. The van der Waals surface area contributed by atoms with Crippen molar-refractivity contribution < 1.29 is 9.18 Å². The van der Waals surface area contributed by atoms with Gasteiger partial charge in [0.2, 0.25) is 0 Å². The number of rotatable bonds is 3. The molecule has 2 amide bonds. The number of anilines is 1. The Labute approximate surface area is 149 Å². The molecule has 6 nitrogen and oxygen atoms in total. The lowest BCUT2D eigenvalue weighted by atomic mass is 10.1. The lowest BCUT2D eigenvalue weighted by Crippen LogP contribution is -2.31. The van der Waals surface area contributed by atoms with E-state index in [9.17, 15) is 9.18 Å². The van der Waals surface area contributed by atoms with Crippen molar-refractivity contribution in [3.63, 3.8) is 0 Å². The summed E-state index contributed by atoms with van der Waals surface area (Å²) in [6, 6.07) is 5.19.